The number of hydrogen-bond acceptors (Lipinski definition) is 4. The minimum Gasteiger partial charge on any atom is -0.496 e. The quantitative estimate of drug-likeness (QED) is 0.764. The van der Waals surface area contributed by atoms with Gasteiger partial charge in [-0.15, -0.1) is 0 Å². The lowest BCUT2D eigenvalue weighted by Gasteiger charge is -2.55. The highest BCUT2D eigenvalue weighted by atomic mass is 16.5. The summed E-state index contributed by atoms with van der Waals surface area (Å²) in [5.41, 5.74) is 1.07. The Bertz CT molecular complexity index is 592. The highest BCUT2D eigenvalue weighted by molar-refractivity contribution is 5.88. The number of ether oxygens (including phenoxy) is 3. The lowest BCUT2D eigenvalue weighted by atomic mass is 9.53. The van der Waals surface area contributed by atoms with Crippen LogP contribution in [0.3, 0.4) is 0 Å². The van der Waals surface area contributed by atoms with E-state index in [2.05, 4.69) is 0 Å². The Labute approximate surface area is 144 Å². The Morgan fingerprint density at radius 2 is 1.38 bits per heavy atom. The monoisotopic (exact) mass is 329 g/mol. The minimum atomic E-state index is 0.157. The molecule has 0 heterocycles. The molecule has 4 heteroatoms. The third-order valence-corrected chi connectivity index (χ3v) is 6.23. The number of methoxy groups -OCH3 is 3. The Morgan fingerprint density at radius 3 is 1.79 bits per heavy atom. The average Bonchev–Trinajstić information content (AvgIpc) is 2.58. The maximum absolute atomic E-state index is 5.55. The Morgan fingerprint density at radius 1 is 0.875 bits per heavy atom. The zero-order valence-electron chi connectivity index (χ0n) is 14.9. The summed E-state index contributed by atoms with van der Waals surface area (Å²) in [5, 5.41) is 0. The summed E-state index contributed by atoms with van der Waals surface area (Å²) in [6, 6.07) is 3.78. The van der Waals surface area contributed by atoms with Crippen molar-refractivity contribution in [2.75, 3.05) is 21.3 Å². The van der Waals surface area contributed by atoms with Crippen LogP contribution < -0.4 is 14.2 Å². The van der Waals surface area contributed by atoms with E-state index >= 15 is 0 Å². The van der Waals surface area contributed by atoms with Gasteiger partial charge in [0.25, 0.3) is 0 Å². The lowest BCUT2D eigenvalue weighted by molar-refractivity contribution is 0.00194. The molecule has 0 radical (unpaired) electrons. The molecule has 0 spiro atoms. The van der Waals surface area contributed by atoms with Crippen LogP contribution in [0.25, 0.3) is 0 Å². The highest BCUT2D eigenvalue weighted by Gasteiger charge is 2.50. The predicted molar refractivity (Wildman–Crippen MR) is 94.6 cm³/mol. The molecule has 0 N–H and O–H groups in total. The Kier molecular flexibility index (Phi) is 3.93. The fourth-order valence-corrected chi connectivity index (χ4v) is 5.58. The smallest absolute Gasteiger partial charge is 0.135 e. The van der Waals surface area contributed by atoms with Crippen molar-refractivity contribution in [3.8, 4) is 17.2 Å². The van der Waals surface area contributed by atoms with E-state index in [9.17, 15) is 0 Å². The summed E-state index contributed by atoms with van der Waals surface area (Å²) in [5.74, 6) is 4.92. The van der Waals surface area contributed by atoms with Gasteiger partial charge in [0.2, 0.25) is 0 Å². The van der Waals surface area contributed by atoms with E-state index in [4.69, 9.17) is 19.2 Å². The third-order valence-electron chi connectivity index (χ3n) is 6.23. The van der Waals surface area contributed by atoms with Crippen molar-refractivity contribution in [1.29, 1.82) is 0 Å². The topological polar surface area (TPSA) is 40.0 Å². The van der Waals surface area contributed by atoms with Gasteiger partial charge in [-0.3, -0.25) is 4.99 Å². The van der Waals surface area contributed by atoms with Crippen molar-refractivity contribution in [1.82, 2.24) is 0 Å². The summed E-state index contributed by atoms with van der Waals surface area (Å²) in [6.07, 6.45) is 10.1. The van der Waals surface area contributed by atoms with E-state index in [1.54, 1.807) is 21.3 Å². The predicted octanol–water partition coefficient (Wildman–Crippen LogP) is 4.10. The van der Waals surface area contributed by atoms with Crippen LogP contribution >= 0.6 is 0 Å². The molecule has 0 aliphatic heterocycles. The number of aliphatic imine (C=N–C) groups is 1. The van der Waals surface area contributed by atoms with Gasteiger partial charge in [-0.1, -0.05) is 0 Å². The molecule has 0 amide bonds. The fraction of sp³-hybridized carbons (Fsp3) is 0.650. The molecule has 4 saturated carbocycles. The van der Waals surface area contributed by atoms with E-state index in [0.29, 0.717) is 0 Å². The largest absolute Gasteiger partial charge is 0.496 e. The Hall–Kier alpha value is -1.71. The molecule has 5 rings (SSSR count). The number of nitrogens with zero attached hydrogens (tertiary/aromatic N) is 1. The van der Waals surface area contributed by atoms with Crippen LogP contribution in [0.4, 0.5) is 0 Å². The SMILES string of the molecule is COc1cc(OC)c(C=NC23CC4CC(CC(C4)C2)C3)c(OC)c1. The van der Waals surface area contributed by atoms with Crippen molar-refractivity contribution in [2.45, 2.75) is 44.1 Å². The van der Waals surface area contributed by atoms with Gasteiger partial charge in [-0.05, 0) is 56.3 Å². The normalized spacial score (nSPS) is 33.9. The highest BCUT2D eigenvalue weighted by Crippen LogP contribution is 2.57. The van der Waals surface area contributed by atoms with Crippen LogP contribution in [0.2, 0.25) is 0 Å². The third kappa shape index (κ3) is 2.66. The van der Waals surface area contributed by atoms with Gasteiger partial charge in [0, 0.05) is 18.3 Å². The van der Waals surface area contributed by atoms with Gasteiger partial charge in [-0.25, -0.2) is 0 Å². The molecule has 4 bridgehead atoms. The van der Waals surface area contributed by atoms with Crippen LogP contribution in [-0.2, 0) is 0 Å². The summed E-state index contributed by atoms with van der Waals surface area (Å²) < 4.78 is 16.4. The molecule has 0 unspecified atom stereocenters. The van der Waals surface area contributed by atoms with Crippen LogP contribution in [0, 0.1) is 17.8 Å². The zero-order valence-corrected chi connectivity index (χ0v) is 14.9. The second kappa shape index (κ2) is 5.98. The molecule has 24 heavy (non-hydrogen) atoms. The Balaban J connectivity index is 1.66. The molecule has 4 aliphatic rings. The molecule has 0 atom stereocenters. The van der Waals surface area contributed by atoms with E-state index in [1.165, 1.54) is 38.5 Å². The van der Waals surface area contributed by atoms with E-state index in [-0.39, 0.29) is 5.54 Å². The van der Waals surface area contributed by atoms with Crippen molar-refractivity contribution in [3.05, 3.63) is 17.7 Å². The van der Waals surface area contributed by atoms with Crippen molar-refractivity contribution in [3.63, 3.8) is 0 Å². The summed E-state index contributed by atoms with van der Waals surface area (Å²) in [7, 11) is 5.00. The molecular formula is C20H27NO3. The summed E-state index contributed by atoms with van der Waals surface area (Å²) >= 11 is 0. The fourth-order valence-electron chi connectivity index (χ4n) is 5.58. The zero-order chi connectivity index (χ0) is 16.7. The van der Waals surface area contributed by atoms with E-state index < -0.39 is 0 Å². The maximum Gasteiger partial charge on any atom is 0.135 e. The van der Waals surface area contributed by atoms with E-state index in [1.807, 2.05) is 18.3 Å². The number of benzene rings is 1. The number of hydrogen-bond donors (Lipinski definition) is 0. The van der Waals surface area contributed by atoms with Gasteiger partial charge < -0.3 is 14.2 Å². The summed E-state index contributed by atoms with van der Waals surface area (Å²) in [4.78, 5) is 5.13. The van der Waals surface area contributed by atoms with Gasteiger partial charge >= 0.3 is 0 Å². The molecule has 4 nitrogen and oxygen atoms in total. The van der Waals surface area contributed by atoms with Crippen LogP contribution in [-0.4, -0.2) is 33.1 Å². The molecule has 1 aromatic rings. The lowest BCUT2D eigenvalue weighted by Crippen LogP contribution is -2.49. The van der Waals surface area contributed by atoms with Gasteiger partial charge in [0.15, 0.2) is 0 Å². The average molecular weight is 329 g/mol. The van der Waals surface area contributed by atoms with Gasteiger partial charge in [0.05, 0.1) is 32.4 Å². The molecule has 4 aliphatic carbocycles. The first-order chi connectivity index (χ1) is 11.6. The van der Waals surface area contributed by atoms with Crippen molar-refractivity contribution < 1.29 is 14.2 Å². The maximum atomic E-state index is 5.55. The van der Waals surface area contributed by atoms with Crippen LogP contribution in [0.5, 0.6) is 17.2 Å². The molecule has 0 aromatic heterocycles. The van der Waals surface area contributed by atoms with Crippen molar-refractivity contribution in [2.24, 2.45) is 22.7 Å². The van der Waals surface area contributed by atoms with Gasteiger partial charge in [-0.2, -0.15) is 0 Å². The first-order valence-electron chi connectivity index (χ1n) is 9.00. The van der Waals surface area contributed by atoms with E-state index in [0.717, 1.165) is 40.6 Å². The molecule has 130 valence electrons. The molecular weight excluding hydrogens is 302 g/mol. The first-order valence-corrected chi connectivity index (χ1v) is 9.00. The standard InChI is InChI=1S/C20H27NO3/c1-22-16-7-18(23-2)17(19(8-16)24-3)12-21-20-9-13-4-14(10-20)6-15(5-13)11-20/h7-8,12-15H,4-6,9-11H2,1-3H3. The first kappa shape index (κ1) is 15.8. The molecule has 4 fully saturated rings. The van der Waals surface area contributed by atoms with Crippen LogP contribution in [0.1, 0.15) is 44.1 Å². The van der Waals surface area contributed by atoms with Crippen molar-refractivity contribution >= 4 is 6.21 Å². The molecule has 1 aromatic carbocycles. The van der Waals surface area contributed by atoms with Gasteiger partial charge in [0.1, 0.15) is 17.2 Å². The second-order valence-corrected chi connectivity index (χ2v) is 7.85. The minimum absolute atomic E-state index is 0.157. The molecule has 0 saturated heterocycles. The summed E-state index contributed by atoms with van der Waals surface area (Å²) in [6.45, 7) is 0. The van der Waals surface area contributed by atoms with Crippen LogP contribution in [0.15, 0.2) is 17.1 Å². The number of rotatable bonds is 5. The second-order valence-electron chi connectivity index (χ2n) is 7.85.